The first kappa shape index (κ1) is 13.7. The average molecular weight is 265 g/mol. The number of benzene rings is 1. The average Bonchev–Trinajstić information content (AvgIpc) is 2.83. The smallest absolute Gasteiger partial charge is 0.126 e. The van der Waals surface area contributed by atoms with E-state index in [1.165, 1.54) is 12.1 Å². The minimum atomic E-state index is -0.553. The zero-order valence-electron chi connectivity index (χ0n) is 11.0. The molecule has 0 spiro atoms. The van der Waals surface area contributed by atoms with Crippen molar-refractivity contribution < 1.29 is 8.78 Å². The molecule has 0 aliphatic rings. The van der Waals surface area contributed by atoms with E-state index in [0.29, 0.717) is 12.1 Å². The van der Waals surface area contributed by atoms with E-state index >= 15 is 0 Å². The van der Waals surface area contributed by atoms with Gasteiger partial charge in [-0.15, -0.1) is 0 Å². The molecule has 0 saturated heterocycles. The monoisotopic (exact) mass is 265 g/mol. The summed E-state index contributed by atoms with van der Waals surface area (Å²) in [6, 6.07) is 5.54. The van der Waals surface area contributed by atoms with Crippen LogP contribution in [0.4, 0.5) is 8.78 Å². The molecule has 1 aromatic carbocycles. The Morgan fingerprint density at radius 1 is 1.26 bits per heavy atom. The molecule has 1 atom stereocenters. The van der Waals surface area contributed by atoms with Gasteiger partial charge in [-0.3, -0.25) is 4.68 Å². The second-order valence-electron chi connectivity index (χ2n) is 4.45. The Morgan fingerprint density at radius 2 is 1.95 bits per heavy atom. The highest BCUT2D eigenvalue weighted by Gasteiger charge is 2.10. The number of nitrogens with zero attached hydrogens (tertiary/aromatic N) is 2. The lowest BCUT2D eigenvalue weighted by molar-refractivity contribution is 0.505. The first-order chi connectivity index (χ1) is 9.10. The molecule has 1 aromatic heterocycles. The van der Waals surface area contributed by atoms with Gasteiger partial charge in [-0.2, -0.15) is 5.10 Å². The number of aryl methyl sites for hydroxylation is 1. The summed E-state index contributed by atoms with van der Waals surface area (Å²) >= 11 is 0. The summed E-state index contributed by atoms with van der Waals surface area (Å²) in [6.45, 7) is 5.22. The van der Waals surface area contributed by atoms with Gasteiger partial charge in [0.1, 0.15) is 11.6 Å². The predicted molar refractivity (Wildman–Crippen MR) is 69.5 cm³/mol. The van der Waals surface area contributed by atoms with Gasteiger partial charge >= 0.3 is 0 Å². The molecule has 1 N–H and O–H groups in total. The number of aromatic nitrogens is 2. The fraction of sp³-hybridized carbons (Fsp3) is 0.357. The fourth-order valence-electron chi connectivity index (χ4n) is 2.06. The molecule has 1 unspecified atom stereocenters. The highest BCUT2D eigenvalue weighted by Crippen LogP contribution is 2.14. The molecule has 0 radical (unpaired) electrons. The quantitative estimate of drug-likeness (QED) is 0.900. The van der Waals surface area contributed by atoms with Crippen LogP contribution < -0.4 is 5.32 Å². The van der Waals surface area contributed by atoms with Crippen LogP contribution >= 0.6 is 0 Å². The zero-order valence-corrected chi connectivity index (χ0v) is 11.0. The predicted octanol–water partition coefficient (Wildman–Crippen LogP) is 3.03. The Hall–Kier alpha value is -1.75. The number of nitrogens with one attached hydrogen (secondary N) is 1. The maximum atomic E-state index is 13.1. The Balaban J connectivity index is 2.02. The van der Waals surface area contributed by atoms with E-state index in [-0.39, 0.29) is 6.04 Å². The number of hydrogen-bond donors (Lipinski definition) is 1. The van der Waals surface area contributed by atoms with E-state index in [4.69, 9.17) is 0 Å². The number of hydrogen-bond acceptors (Lipinski definition) is 2. The SMILES string of the molecule is CCn1nccc1C(C)NCc1cc(F)cc(F)c1. The van der Waals surface area contributed by atoms with Gasteiger partial charge in [0, 0.05) is 31.4 Å². The lowest BCUT2D eigenvalue weighted by atomic mass is 10.2. The molecule has 0 bridgehead atoms. The number of halogens is 2. The van der Waals surface area contributed by atoms with Crippen LogP contribution in [0.15, 0.2) is 30.5 Å². The molecule has 0 aliphatic carbocycles. The Kier molecular flexibility index (Phi) is 4.27. The van der Waals surface area contributed by atoms with Crippen LogP contribution in [0.1, 0.15) is 31.1 Å². The maximum Gasteiger partial charge on any atom is 0.126 e. The van der Waals surface area contributed by atoms with Crippen LogP contribution in [0, 0.1) is 11.6 Å². The van der Waals surface area contributed by atoms with Crippen molar-refractivity contribution in [1.29, 1.82) is 0 Å². The molecule has 1 heterocycles. The molecule has 0 saturated carbocycles. The highest BCUT2D eigenvalue weighted by molar-refractivity contribution is 5.18. The van der Waals surface area contributed by atoms with Crippen LogP contribution in [0.2, 0.25) is 0 Å². The first-order valence-electron chi connectivity index (χ1n) is 6.30. The van der Waals surface area contributed by atoms with Gasteiger partial charge in [-0.05, 0) is 37.6 Å². The maximum absolute atomic E-state index is 13.1. The third-order valence-corrected chi connectivity index (χ3v) is 3.03. The highest BCUT2D eigenvalue weighted by atomic mass is 19.1. The van der Waals surface area contributed by atoms with Crippen LogP contribution in [0.5, 0.6) is 0 Å². The molecule has 3 nitrogen and oxygen atoms in total. The van der Waals surface area contributed by atoms with Crippen LogP contribution in [-0.2, 0) is 13.1 Å². The van der Waals surface area contributed by atoms with Crippen molar-refractivity contribution in [2.45, 2.75) is 33.0 Å². The molecule has 2 aromatic rings. The molecule has 0 amide bonds. The van der Waals surface area contributed by atoms with Crippen molar-refractivity contribution in [3.05, 3.63) is 53.4 Å². The van der Waals surface area contributed by atoms with Gasteiger partial charge < -0.3 is 5.32 Å². The Morgan fingerprint density at radius 3 is 2.58 bits per heavy atom. The molecule has 2 rings (SSSR count). The van der Waals surface area contributed by atoms with Crippen LogP contribution in [0.3, 0.4) is 0 Å². The van der Waals surface area contributed by atoms with Gasteiger partial charge in [0.15, 0.2) is 0 Å². The molecule has 5 heteroatoms. The topological polar surface area (TPSA) is 29.9 Å². The second kappa shape index (κ2) is 5.93. The van der Waals surface area contributed by atoms with E-state index in [0.717, 1.165) is 18.3 Å². The Bertz CT molecular complexity index is 531. The normalized spacial score (nSPS) is 12.6. The van der Waals surface area contributed by atoms with Gasteiger partial charge in [-0.25, -0.2) is 8.78 Å². The summed E-state index contributed by atoms with van der Waals surface area (Å²) in [5.74, 6) is -1.11. The van der Waals surface area contributed by atoms with Gasteiger partial charge in [0.05, 0.1) is 5.69 Å². The summed E-state index contributed by atoms with van der Waals surface area (Å²) in [6.07, 6.45) is 1.75. The lowest BCUT2D eigenvalue weighted by Gasteiger charge is -2.15. The largest absolute Gasteiger partial charge is 0.305 e. The van der Waals surface area contributed by atoms with Crippen molar-refractivity contribution in [2.24, 2.45) is 0 Å². The fourth-order valence-corrected chi connectivity index (χ4v) is 2.06. The van der Waals surface area contributed by atoms with Crippen molar-refractivity contribution in [3.8, 4) is 0 Å². The minimum Gasteiger partial charge on any atom is -0.305 e. The van der Waals surface area contributed by atoms with Crippen LogP contribution in [-0.4, -0.2) is 9.78 Å². The summed E-state index contributed by atoms with van der Waals surface area (Å²) in [7, 11) is 0. The van der Waals surface area contributed by atoms with E-state index in [2.05, 4.69) is 10.4 Å². The molecule has 102 valence electrons. The Labute approximate surface area is 111 Å². The van der Waals surface area contributed by atoms with E-state index in [1.807, 2.05) is 24.6 Å². The summed E-state index contributed by atoms with van der Waals surface area (Å²) in [5, 5.41) is 7.43. The molecule has 19 heavy (non-hydrogen) atoms. The van der Waals surface area contributed by atoms with Gasteiger partial charge in [0.25, 0.3) is 0 Å². The number of rotatable bonds is 5. The van der Waals surface area contributed by atoms with Crippen molar-refractivity contribution in [1.82, 2.24) is 15.1 Å². The first-order valence-corrected chi connectivity index (χ1v) is 6.30. The standard InChI is InChI=1S/C14H17F2N3/c1-3-19-14(4-5-18-19)10(2)17-9-11-6-12(15)8-13(16)7-11/h4-8,10,17H,3,9H2,1-2H3. The van der Waals surface area contributed by atoms with Gasteiger partial charge in [-0.1, -0.05) is 0 Å². The van der Waals surface area contributed by atoms with E-state index < -0.39 is 11.6 Å². The minimum absolute atomic E-state index is 0.0637. The zero-order chi connectivity index (χ0) is 13.8. The third-order valence-electron chi connectivity index (χ3n) is 3.03. The third kappa shape index (κ3) is 3.38. The lowest BCUT2D eigenvalue weighted by Crippen LogP contribution is -2.21. The molecule has 0 fully saturated rings. The second-order valence-corrected chi connectivity index (χ2v) is 4.45. The van der Waals surface area contributed by atoms with Crippen molar-refractivity contribution in [3.63, 3.8) is 0 Å². The van der Waals surface area contributed by atoms with Crippen molar-refractivity contribution >= 4 is 0 Å². The molecule has 0 aliphatic heterocycles. The van der Waals surface area contributed by atoms with Crippen molar-refractivity contribution in [2.75, 3.05) is 0 Å². The molecular formula is C14H17F2N3. The summed E-state index contributed by atoms with van der Waals surface area (Å²) < 4.78 is 28.0. The van der Waals surface area contributed by atoms with Gasteiger partial charge in [0.2, 0.25) is 0 Å². The van der Waals surface area contributed by atoms with Crippen LogP contribution in [0.25, 0.3) is 0 Å². The van der Waals surface area contributed by atoms with E-state index in [1.54, 1.807) is 6.20 Å². The summed E-state index contributed by atoms with van der Waals surface area (Å²) in [5.41, 5.74) is 1.64. The molecular weight excluding hydrogens is 248 g/mol. The summed E-state index contributed by atoms with van der Waals surface area (Å²) in [4.78, 5) is 0. The van der Waals surface area contributed by atoms with E-state index in [9.17, 15) is 8.78 Å².